The van der Waals surface area contributed by atoms with Crippen molar-refractivity contribution in [1.82, 2.24) is 4.90 Å². The van der Waals surface area contributed by atoms with Crippen LogP contribution >= 0.6 is 0 Å². The minimum absolute atomic E-state index is 0.0911. The van der Waals surface area contributed by atoms with Gasteiger partial charge < -0.3 is 15.1 Å². The number of hydrogen-bond acceptors (Lipinski definition) is 3. The van der Waals surface area contributed by atoms with Crippen molar-refractivity contribution < 1.29 is 23.8 Å². The Labute approximate surface area is 103 Å². The Morgan fingerprint density at radius 3 is 2.28 bits per heavy atom. The monoisotopic (exact) mass is 259 g/mol. The van der Waals surface area contributed by atoms with E-state index in [-0.39, 0.29) is 31.9 Å². The fraction of sp³-hybridized carbons (Fsp3) is 0.417. The molecule has 0 aromatic heterocycles. The van der Waals surface area contributed by atoms with Crippen molar-refractivity contribution in [2.24, 2.45) is 0 Å². The average molecular weight is 259 g/mol. The van der Waals surface area contributed by atoms with Crippen molar-refractivity contribution in [3.8, 4) is 0 Å². The topological polar surface area (TPSA) is 60.8 Å². The van der Waals surface area contributed by atoms with Crippen LogP contribution < -0.4 is 0 Å². The first-order valence-corrected chi connectivity index (χ1v) is 5.48. The third kappa shape index (κ3) is 3.02. The minimum Gasteiger partial charge on any atom is -0.395 e. The molecule has 0 heterocycles. The van der Waals surface area contributed by atoms with Gasteiger partial charge in [0.15, 0.2) is 0 Å². The van der Waals surface area contributed by atoms with E-state index in [1.54, 1.807) is 0 Å². The first-order valence-electron chi connectivity index (χ1n) is 5.48. The van der Waals surface area contributed by atoms with Crippen LogP contribution in [0.15, 0.2) is 12.1 Å². The predicted octanol–water partition coefficient (Wildman–Crippen LogP) is 0.700. The van der Waals surface area contributed by atoms with Crippen molar-refractivity contribution in [2.75, 3.05) is 26.3 Å². The lowest BCUT2D eigenvalue weighted by Gasteiger charge is -2.21. The lowest BCUT2D eigenvalue weighted by molar-refractivity contribution is 0.0675. The first-order chi connectivity index (χ1) is 8.52. The molecule has 1 rings (SSSR count). The number of halogens is 2. The Kier molecular flexibility index (Phi) is 5.18. The molecule has 18 heavy (non-hydrogen) atoms. The molecule has 0 radical (unpaired) electrons. The normalized spacial score (nSPS) is 10.5. The second-order valence-corrected chi connectivity index (χ2v) is 3.79. The largest absolute Gasteiger partial charge is 0.395 e. The van der Waals surface area contributed by atoms with Gasteiger partial charge in [0.2, 0.25) is 0 Å². The number of aryl methyl sites for hydroxylation is 1. The molecule has 0 unspecified atom stereocenters. The lowest BCUT2D eigenvalue weighted by atomic mass is 10.1. The van der Waals surface area contributed by atoms with E-state index in [9.17, 15) is 13.6 Å². The maximum absolute atomic E-state index is 13.7. The number of amides is 1. The number of rotatable bonds is 5. The molecule has 0 aliphatic heterocycles. The lowest BCUT2D eigenvalue weighted by Crippen LogP contribution is -2.37. The molecule has 100 valence electrons. The van der Waals surface area contributed by atoms with Crippen molar-refractivity contribution in [2.45, 2.75) is 6.92 Å². The Hall–Kier alpha value is -1.53. The molecule has 6 heteroatoms. The molecule has 0 aliphatic carbocycles. The molecule has 0 spiro atoms. The van der Waals surface area contributed by atoms with Crippen molar-refractivity contribution >= 4 is 5.91 Å². The number of hydrogen-bond donors (Lipinski definition) is 2. The number of benzene rings is 1. The van der Waals surface area contributed by atoms with Gasteiger partial charge in [-0.2, -0.15) is 0 Å². The Morgan fingerprint density at radius 2 is 1.78 bits per heavy atom. The van der Waals surface area contributed by atoms with E-state index in [2.05, 4.69) is 0 Å². The number of nitrogens with zero attached hydrogens (tertiary/aromatic N) is 1. The molecule has 0 atom stereocenters. The van der Waals surface area contributed by atoms with E-state index >= 15 is 0 Å². The molecular formula is C12H15F2NO3. The highest BCUT2D eigenvalue weighted by Crippen LogP contribution is 2.18. The summed E-state index contributed by atoms with van der Waals surface area (Å²) in [7, 11) is 0. The Morgan fingerprint density at radius 1 is 1.22 bits per heavy atom. The quantitative estimate of drug-likeness (QED) is 0.818. The maximum atomic E-state index is 13.7. The maximum Gasteiger partial charge on any atom is 0.259 e. The van der Waals surface area contributed by atoms with Crippen molar-refractivity contribution in [1.29, 1.82) is 0 Å². The third-order valence-corrected chi connectivity index (χ3v) is 2.53. The number of aliphatic hydroxyl groups excluding tert-OH is 2. The van der Waals surface area contributed by atoms with E-state index in [4.69, 9.17) is 10.2 Å². The van der Waals surface area contributed by atoms with Gasteiger partial charge in [-0.3, -0.25) is 4.79 Å². The summed E-state index contributed by atoms with van der Waals surface area (Å²) in [5, 5.41) is 17.6. The summed E-state index contributed by atoms with van der Waals surface area (Å²) in [4.78, 5) is 12.9. The molecule has 1 amide bonds. The summed E-state index contributed by atoms with van der Waals surface area (Å²) in [6.07, 6.45) is 0. The summed E-state index contributed by atoms with van der Waals surface area (Å²) in [5.74, 6) is -2.75. The molecule has 1 aromatic carbocycles. The third-order valence-electron chi connectivity index (χ3n) is 2.53. The molecule has 0 fully saturated rings. The van der Waals surface area contributed by atoms with E-state index in [0.29, 0.717) is 0 Å². The van der Waals surface area contributed by atoms with Gasteiger partial charge in [0.1, 0.15) is 17.2 Å². The molecule has 2 N–H and O–H groups in total. The Balaban J connectivity index is 3.11. The fourth-order valence-electron chi connectivity index (χ4n) is 1.57. The second kappa shape index (κ2) is 6.42. The van der Waals surface area contributed by atoms with E-state index in [1.165, 1.54) is 13.0 Å². The second-order valence-electron chi connectivity index (χ2n) is 3.79. The first kappa shape index (κ1) is 14.5. The summed E-state index contributed by atoms with van der Waals surface area (Å²) in [5.41, 5.74) is -0.496. The predicted molar refractivity (Wildman–Crippen MR) is 61.2 cm³/mol. The molecular weight excluding hydrogens is 244 g/mol. The zero-order chi connectivity index (χ0) is 13.7. The van der Waals surface area contributed by atoms with Crippen LogP contribution in [-0.4, -0.2) is 47.3 Å². The minimum atomic E-state index is -0.955. The van der Waals surface area contributed by atoms with E-state index < -0.39 is 23.1 Å². The average Bonchev–Trinajstić information content (AvgIpc) is 2.34. The summed E-state index contributed by atoms with van der Waals surface area (Å²) in [6, 6.07) is 2.26. The van der Waals surface area contributed by atoms with Crippen molar-refractivity contribution in [3.05, 3.63) is 34.9 Å². The summed E-state index contributed by atoms with van der Waals surface area (Å²) >= 11 is 0. The zero-order valence-corrected chi connectivity index (χ0v) is 9.99. The van der Waals surface area contributed by atoms with Crippen LogP contribution in [0.3, 0.4) is 0 Å². The number of carbonyl (C=O) groups is 1. The van der Waals surface area contributed by atoms with Crippen LogP contribution in [0.25, 0.3) is 0 Å². The van der Waals surface area contributed by atoms with Crippen LogP contribution in [0.1, 0.15) is 15.9 Å². The van der Waals surface area contributed by atoms with Crippen molar-refractivity contribution in [3.63, 3.8) is 0 Å². The fourth-order valence-corrected chi connectivity index (χ4v) is 1.57. The van der Waals surface area contributed by atoms with Gasteiger partial charge in [-0.05, 0) is 18.6 Å². The zero-order valence-electron chi connectivity index (χ0n) is 9.99. The molecule has 0 saturated heterocycles. The standard InChI is InChI=1S/C12H15F2NO3/c1-8-2-3-9(13)10(11(8)14)12(18)15(4-6-16)5-7-17/h2-3,16-17H,4-7H2,1H3. The van der Waals surface area contributed by atoms with Gasteiger partial charge in [-0.15, -0.1) is 0 Å². The van der Waals surface area contributed by atoms with Crippen LogP contribution in [0.5, 0.6) is 0 Å². The van der Waals surface area contributed by atoms with E-state index in [1.807, 2.05) is 0 Å². The van der Waals surface area contributed by atoms with Crippen LogP contribution in [0.4, 0.5) is 8.78 Å². The van der Waals surface area contributed by atoms with Gasteiger partial charge in [0, 0.05) is 13.1 Å². The van der Waals surface area contributed by atoms with Gasteiger partial charge in [-0.1, -0.05) is 6.07 Å². The molecule has 0 bridgehead atoms. The molecule has 1 aromatic rings. The van der Waals surface area contributed by atoms with Gasteiger partial charge in [0.05, 0.1) is 13.2 Å². The van der Waals surface area contributed by atoms with Gasteiger partial charge in [0.25, 0.3) is 5.91 Å². The smallest absolute Gasteiger partial charge is 0.259 e. The molecule has 4 nitrogen and oxygen atoms in total. The highest BCUT2D eigenvalue weighted by molar-refractivity contribution is 5.95. The number of aliphatic hydroxyl groups is 2. The highest BCUT2D eigenvalue weighted by Gasteiger charge is 2.23. The van der Waals surface area contributed by atoms with Gasteiger partial charge >= 0.3 is 0 Å². The molecule has 0 saturated carbocycles. The number of carbonyl (C=O) groups excluding carboxylic acids is 1. The van der Waals surface area contributed by atoms with E-state index in [0.717, 1.165) is 11.0 Å². The van der Waals surface area contributed by atoms with Gasteiger partial charge in [-0.25, -0.2) is 8.78 Å². The van der Waals surface area contributed by atoms with Crippen LogP contribution in [0, 0.1) is 18.6 Å². The van der Waals surface area contributed by atoms with Crippen LogP contribution in [0.2, 0.25) is 0 Å². The Bertz CT molecular complexity index is 432. The SMILES string of the molecule is Cc1ccc(F)c(C(=O)N(CCO)CCO)c1F. The van der Waals surface area contributed by atoms with Crippen LogP contribution in [-0.2, 0) is 0 Å². The summed E-state index contributed by atoms with van der Waals surface area (Å²) < 4.78 is 27.3. The molecule has 0 aliphatic rings. The summed E-state index contributed by atoms with van der Waals surface area (Å²) in [6.45, 7) is 0.550. The highest BCUT2D eigenvalue weighted by atomic mass is 19.1.